The summed E-state index contributed by atoms with van der Waals surface area (Å²) >= 11 is 1.76. The quantitative estimate of drug-likeness (QED) is 0.627. The Kier molecular flexibility index (Phi) is 5.77. The molecule has 0 saturated carbocycles. The summed E-state index contributed by atoms with van der Waals surface area (Å²) in [4.78, 5) is 1.22. The number of thioether (sulfide) groups is 1. The van der Waals surface area contributed by atoms with Gasteiger partial charge in [-0.15, -0.1) is 11.8 Å². The third kappa shape index (κ3) is 4.18. The lowest BCUT2D eigenvalue weighted by Gasteiger charge is -2.10. The molecule has 0 spiro atoms. The van der Waals surface area contributed by atoms with Gasteiger partial charge < -0.3 is 15.2 Å². The van der Waals surface area contributed by atoms with E-state index in [0.717, 1.165) is 22.8 Å². The molecule has 0 heterocycles. The molecule has 0 fully saturated rings. The summed E-state index contributed by atoms with van der Waals surface area (Å²) in [6, 6.07) is 16.0. The van der Waals surface area contributed by atoms with Crippen LogP contribution in [-0.2, 0) is 6.54 Å². The summed E-state index contributed by atoms with van der Waals surface area (Å²) in [5, 5.41) is 0. The smallest absolute Gasteiger partial charge is 0.161 e. The fraction of sp³-hybridized carbons (Fsp3) is 0.250. The first kappa shape index (κ1) is 14.8. The first-order valence-corrected chi connectivity index (χ1v) is 7.49. The van der Waals surface area contributed by atoms with Gasteiger partial charge in [-0.25, -0.2) is 0 Å². The number of ether oxygens (including phenoxy) is 2. The van der Waals surface area contributed by atoms with Gasteiger partial charge in [0.2, 0.25) is 0 Å². The van der Waals surface area contributed by atoms with Crippen molar-refractivity contribution in [3.63, 3.8) is 0 Å². The van der Waals surface area contributed by atoms with Crippen LogP contribution in [0, 0.1) is 0 Å². The fourth-order valence-corrected chi connectivity index (χ4v) is 2.62. The summed E-state index contributed by atoms with van der Waals surface area (Å²) in [5.41, 5.74) is 6.79. The van der Waals surface area contributed by atoms with Gasteiger partial charge in [0.25, 0.3) is 0 Å². The average molecular weight is 289 g/mol. The molecule has 2 N–H and O–H groups in total. The second kappa shape index (κ2) is 7.82. The number of para-hydroxylation sites is 2. The van der Waals surface area contributed by atoms with Crippen LogP contribution >= 0.6 is 11.8 Å². The zero-order valence-electron chi connectivity index (χ0n) is 11.5. The summed E-state index contributed by atoms with van der Waals surface area (Å²) in [7, 11) is 1.65. The van der Waals surface area contributed by atoms with Gasteiger partial charge in [0, 0.05) is 17.2 Å². The SMILES string of the molecule is COc1ccccc1OCCSc1cccc(CN)c1. The van der Waals surface area contributed by atoms with E-state index in [1.165, 1.54) is 4.90 Å². The molecule has 106 valence electrons. The van der Waals surface area contributed by atoms with E-state index in [9.17, 15) is 0 Å². The van der Waals surface area contributed by atoms with Crippen molar-refractivity contribution in [2.45, 2.75) is 11.4 Å². The molecular weight excluding hydrogens is 270 g/mol. The summed E-state index contributed by atoms with van der Waals surface area (Å²) in [5.74, 6) is 2.43. The van der Waals surface area contributed by atoms with E-state index in [-0.39, 0.29) is 0 Å². The number of hydrogen-bond donors (Lipinski definition) is 1. The molecule has 2 aromatic carbocycles. The molecule has 2 aromatic rings. The minimum Gasteiger partial charge on any atom is -0.493 e. The topological polar surface area (TPSA) is 44.5 Å². The van der Waals surface area contributed by atoms with E-state index in [1.807, 2.05) is 36.4 Å². The van der Waals surface area contributed by atoms with Crippen molar-refractivity contribution in [3.05, 3.63) is 54.1 Å². The first-order chi connectivity index (χ1) is 9.83. The van der Waals surface area contributed by atoms with E-state index in [1.54, 1.807) is 18.9 Å². The van der Waals surface area contributed by atoms with Crippen LogP contribution in [0.3, 0.4) is 0 Å². The van der Waals surface area contributed by atoms with Crippen LogP contribution in [0.15, 0.2) is 53.4 Å². The third-order valence-electron chi connectivity index (χ3n) is 2.81. The van der Waals surface area contributed by atoms with E-state index in [4.69, 9.17) is 15.2 Å². The predicted octanol–water partition coefficient (Wildman–Crippen LogP) is 3.33. The minimum absolute atomic E-state index is 0.576. The van der Waals surface area contributed by atoms with Gasteiger partial charge in [-0.2, -0.15) is 0 Å². The van der Waals surface area contributed by atoms with Crippen molar-refractivity contribution in [2.75, 3.05) is 19.5 Å². The Bertz CT molecular complexity index is 546. The number of nitrogens with two attached hydrogens (primary N) is 1. The van der Waals surface area contributed by atoms with Gasteiger partial charge in [-0.05, 0) is 29.8 Å². The second-order valence-corrected chi connectivity index (χ2v) is 5.37. The van der Waals surface area contributed by atoms with Gasteiger partial charge in [-0.1, -0.05) is 24.3 Å². The second-order valence-electron chi connectivity index (χ2n) is 4.20. The van der Waals surface area contributed by atoms with Crippen LogP contribution < -0.4 is 15.2 Å². The number of rotatable bonds is 7. The Morgan fingerprint density at radius 3 is 2.60 bits per heavy atom. The standard InChI is InChI=1S/C16H19NO2S/c1-18-15-7-2-3-8-16(15)19-9-10-20-14-6-4-5-13(11-14)12-17/h2-8,11H,9-10,12,17H2,1H3. The van der Waals surface area contributed by atoms with Gasteiger partial charge in [-0.3, -0.25) is 0 Å². The first-order valence-electron chi connectivity index (χ1n) is 6.51. The van der Waals surface area contributed by atoms with Crippen molar-refractivity contribution in [2.24, 2.45) is 5.73 Å². The maximum atomic E-state index is 5.74. The van der Waals surface area contributed by atoms with Gasteiger partial charge in [0.1, 0.15) is 0 Å². The van der Waals surface area contributed by atoms with Crippen LogP contribution in [0.2, 0.25) is 0 Å². The zero-order valence-corrected chi connectivity index (χ0v) is 12.4. The Morgan fingerprint density at radius 2 is 1.85 bits per heavy atom. The molecule has 0 amide bonds. The average Bonchev–Trinajstić information content (AvgIpc) is 2.52. The fourth-order valence-electron chi connectivity index (χ4n) is 1.81. The van der Waals surface area contributed by atoms with E-state index < -0.39 is 0 Å². The molecular formula is C16H19NO2S. The van der Waals surface area contributed by atoms with Gasteiger partial charge in [0.05, 0.1) is 13.7 Å². The molecule has 0 aliphatic carbocycles. The lowest BCUT2D eigenvalue weighted by atomic mass is 10.2. The molecule has 2 rings (SSSR count). The van der Waals surface area contributed by atoms with Crippen LogP contribution in [0.25, 0.3) is 0 Å². The molecule has 0 aliphatic heterocycles. The third-order valence-corrected chi connectivity index (χ3v) is 3.77. The molecule has 4 heteroatoms. The normalized spacial score (nSPS) is 10.3. The highest BCUT2D eigenvalue weighted by Crippen LogP contribution is 2.26. The van der Waals surface area contributed by atoms with Crippen LogP contribution in [0.1, 0.15) is 5.56 Å². The van der Waals surface area contributed by atoms with Crippen molar-refractivity contribution in [1.29, 1.82) is 0 Å². The minimum atomic E-state index is 0.576. The molecule has 0 radical (unpaired) electrons. The highest BCUT2D eigenvalue weighted by Gasteiger charge is 2.02. The highest BCUT2D eigenvalue weighted by molar-refractivity contribution is 7.99. The van der Waals surface area contributed by atoms with Gasteiger partial charge >= 0.3 is 0 Å². The van der Waals surface area contributed by atoms with E-state index in [0.29, 0.717) is 13.2 Å². The zero-order chi connectivity index (χ0) is 14.2. The Balaban J connectivity index is 1.81. The van der Waals surface area contributed by atoms with E-state index >= 15 is 0 Å². The highest BCUT2D eigenvalue weighted by atomic mass is 32.2. The Hall–Kier alpha value is -1.65. The van der Waals surface area contributed by atoms with Crippen molar-refractivity contribution in [3.8, 4) is 11.5 Å². The van der Waals surface area contributed by atoms with Crippen molar-refractivity contribution < 1.29 is 9.47 Å². The number of benzene rings is 2. The summed E-state index contributed by atoms with van der Waals surface area (Å²) in [6.45, 7) is 1.21. The van der Waals surface area contributed by atoms with E-state index in [2.05, 4.69) is 12.1 Å². The molecule has 0 unspecified atom stereocenters. The largest absolute Gasteiger partial charge is 0.493 e. The summed E-state index contributed by atoms with van der Waals surface area (Å²) < 4.78 is 11.0. The number of methoxy groups -OCH3 is 1. The molecule has 3 nitrogen and oxygen atoms in total. The molecule has 20 heavy (non-hydrogen) atoms. The monoisotopic (exact) mass is 289 g/mol. The lowest BCUT2D eigenvalue weighted by Crippen LogP contribution is -2.01. The summed E-state index contributed by atoms with van der Waals surface area (Å²) in [6.07, 6.45) is 0. The Morgan fingerprint density at radius 1 is 1.05 bits per heavy atom. The maximum Gasteiger partial charge on any atom is 0.161 e. The number of hydrogen-bond acceptors (Lipinski definition) is 4. The van der Waals surface area contributed by atoms with Crippen LogP contribution in [-0.4, -0.2) is 19.5 Å². The molecule has 0 aromatic heterocycles. The molecule has 0 saturated heterocycles. The van der Waals surface area contributed by atoms with Crippen LogP contribution in [0.5, 0.6) is 11.5 Å². The Labute approximate surface area is 124 Å². The van der Waals surface area contributed by atoms with Gasteiger partial charge in [0.15, 0.2) is 11.5 Å². The maximum absolute atomic E-state index is 5.74. The van der Waals surface area contributed by atoms with Crippen molar-refractivity contribution in [1.82, 2.24) is 0 Å². The predicted molar refractivity (Wildman–Crippen MR) is 83.5 cm³/mol. The molecule has 0 bridgehead atoms. The molecule has 0 aliphatic rings. The lowest BCUT2D eigenvalue weighted by molar-refractivity contribution is 0.313. The van der Waals surface area contributed by atoms with Crippen molar-refractivity contribution >= 4 is 11.8 Å². The van der Waals surface area contributed by atoms with Crippen LogP contribution in [0.4, 0.5) is 0 Å². The molecule has 0 atom stereocenters.